The van der Waals surface area contributed by atoms with Crippen molar-refractivity contribution in [1.82, 2.24) is 4.90 Å². The first-order valence-corrected chi connectivity index (χ1v) is 5.16. The van der Waals surface area contributed by atoms with E-state index in [9.17, 15) is 4.39 Å². The molecule has 2 nitrogen and oxygen atoms in total. The van der Waals surface area contributed by atoms with Crippen LogP contribution in [0.25, 0.3) is 0 Å². The summed E-state index contributed by atoms with van der Waals surface area (Å²) < 4.78 is 13.3. The fraction of sp³-hybridized carbons (Fsp3) is 0.364. The molecule has 0 radical (unpaired) electrons. The monoisotopic (exact) mass is 226 g/mol. The highest BCUT2D eigenvalue weighted by Gasteiger charge is 2.13. The lowest BCUT2D eigenvalue weighted by Gasteiger charge is -2.23. The van der Waals surface area contributed by atoms with Gasteiger partial charge in [0, 0.05) is 12.1 Å². The SMILES string of the molecule is CC(C(N)=S)N(C)Cc1ccccc1F. The van der Waals surface area contributed by atoms with Crippen LogP contribution in [-0.2, 0) is 6.54 Å². The molecule has 1 rings (SSSR count). The van der Waals surface area contributed by atoms with Crippen molar-refractivity contribution in [2.24, 2.45) is 5.73 Å². The maximum absolute atomic E-state index is 13.3. The van der Waals surface area contributed by atoms with Gasteiger partial charge in [0.05, 0.1) is 11.0 Å². The first-order chi connectivity index (χ1) is 7.02. The third kappa shape index (κ3) is 3.25. The lowest BCUT2D eigenvalue weighted by atomic mass is 10.2. The zero-order valence-corrected chi connectivity index (χ0v) is 9.72. The minimum absolute atomic E-state index is 0.0281. The minimum Gasteiger partial charge on any atom is -0.392 e. The highest BCUT2D eigenvalue weighted by atomic mass is 32.1. The molecule has 1 atom stereocenters. The largest absolute Gasteiger partial charge is 0.392 e. The molecule has 0 aliphatic carbocycles. The molecule has 0 aliphatic heterocycles. The van der Waals surface area contributed by atoms with E-state index in [2.05, 4.69) is 0 Å². The lowest BCUT2D eigenvalue weighted by Crippen LogP contribution is -2.38. The summed E-state index contributed by atoms with van der Waals surface area (Å²) in [5.41, 5.74) is 6.18. The summed E-state index contributed by atoms with van der Waals surface area (Å²) in [4.78, 5) is 2.34. The predicted molar refractivity (Wildman–Crippen MR) is 64.1 cm³/mol. The van der Waals surface area contributed by atoms with Crippen LogP contribution in [-0.4, -0.2) is 23.0 Å². The van der Waals surface area contributed by atoms with Crippen LogP contribution in [0.4, 0.5) is 4.39 Å². The van der Waals surface area contributed by atoms with Crippen molar-refractivity contribution in [1.29, 1.82) is 0 Å². The Hall–Kier alpha value is -1.00. The number of rotatable bonds is 4. The van der Waals surface area contributed by atoms with E-state index < -0.39 is 0 Å². The van der Waals surface area contributed by atoms with Gasteiger partial charge >= 0.3 is 0 Å². The molecule has 0 aromatic heterocycles. The third-order valence-corrected chi connectivity index (χ3v) is 2.79. The van der Waals surface area contributed by atoms with Crippen LogP contribution in [0, 0.1) is 5.82 Å². The van der Waals surface area contributed by atoms with Gasteiger partial charge < -0.3 is 5.73 Å². The van der Waals surface area contributed by atoms with E-state index in [0.29, 0.717) is 17.1 Å². The van der Waals surface area contributed by atoms with E-state index in [4.69, 9.17) is 18.0 Å². The van der Waals surface area contributed by atoms with Gasteiger partial charge in [-0.25, -0.2) is 4.39 Å². The molecular formula is C11H15FN2S. The number of thiocarbonyl (C=S) groups is 1. The van der Waals surface area contributed by atoms with Crippen molar-refractivity contribution in [3.8, 4) is 0 Å². The van der Waals surface area contributed by atoms with Crippen LogP contribution in [0.2, 0.25) is 0 Å². The van der Waals surface area contributed by atoms with Crippen molar-refractivity contribution in [2.45, 2.75) is 19.5 Å². The van der Waals surface area contributed by atoms with Crippen molar-refractivity contribution >= 4 is 17.2 Å². The summed E-state index contributed by atoms with van der Waals surface area (Å²) in [6.45, 7) is 2.41. The highest BCUT2D eigenvalue weighted by Crippen LogP contribution is 2.10. The summed E-state index contributed by atoms with van der Waals surface area (Å²) in [6, 6.07) is 6.68. The maximum Gasteiger partial charge on any atom is 0.127 e. The lowest BCUT2D eigenvalue weighted by molar-refractivity contribution is 0.299. The molecule has 15 heavy (non-hydrogen) atoms. The average Bonchev–Trinajstić information content (AvgIpc) is 2.20. The van der Waals surface area contributed by atoms with Crippen molar-refractivity contribution < 1.29 is 4.39 Å². The summed E-state index contributed by atoms with van der Waals surface area (Å²) in [7, 11) is 1.87. The van der Waals surface area contributed by atoms with Gasteiger partial charge in [-0.1, -0.05) is 30.4 Å². The quantitative estimate of drug-likeness (QED) is 0.795. The smallest absolute Gasteiger partial charge is 0.127 e. The van der Waals surface area contributed by atoms with Gasteiger partial charge in [-0.15, -0.1) is 0 Å². The normalized spacial score (nSPS) is 12.8. The van der Waals surface area contributed by atoms with E-state index >= 15 is 0 Å². The number of likely N-dealkylation sites (N-methyl/N-ethyl adjacent to an activating group) is 1. The van der Waals surface area contributed by atoms with Crippen molar-refractivity contribution in [3.63, 3.8) is 0 Å². The molecule has 0 fully saturated rings. The zero-order valence-electron chi connectivity index (χ0n) is 8.90. The van der Waals surface area contributed by atoms with E-state index in [1.807, 2.05) is 24.9 Å². The Morgan fingerprint density at radius 2 is 2.13 bits per heavy atom. The Bertz CT molecular complexity index is 354. The second-order valence-electron chi connectivity index (χ2n) is 3.58. The Morgan fingerprint density at radius 1 is 1.53 bits per heavy atom. The molecule has 0 amide bonds. The van der Waals surface area contributed by atoms with E-state index in [1.54, 1.807) is 12.1 Å². The Balaban J connectivity index is 2.70. The van der Waals surface area contributed by atoms with Crippen LogP contribution in [0.3, 0.4) is 0 Å². The molecule has 0 bridgehead atoms. The zero-order chi connectivity index (χ0) is 11.4. The van der Waals surface area contributed by atoms with Crippen molar-refractivity contribution in [2.75, 3.05) is 7.05 Å². The second kappa shape index (κ2) is 5.19. The topological polar surface area (TPSA) is 29.3 Å². The van der Waals surface area contributed by atoms with Crippen LogP contribution >= 0.6 is 12.2 Å². The Labute approximate surface area is 94.9 Å². The standard InChI is InChI=1S/C11H15FN2S/c1-8(11(13)15)14(2)7-9-5-3-4-6-10(9)12/h3-6,8H,7H2,1-2H3,(H2,13,15). The average molecular weight is 226 g/mol. The molecule has 4 heteroatoms. The first kappa shape index (κ1) is 12.1. The molecule has 0 aliphatic rings. The first-order valence-electron chi connectivity index (χ1n) is 4.75. The second-order valence-corrected chi connectivity index (χ2v) is 4.06. The fourth-order valence-corrected chi connectivity index (χ4v) is 1.43. The molecule has 2 N–H and O–H groups in total. The molecule has 1 unspecified atom stereocenters. The predicted octanol–water partition coefficient (Wildman–Crippen LogP) is 1.93. The van der Waals surface area contributed by atoms with Crippen molar-refractivity contribution in [3.05, 3.63) is 35.6 Å². The number of hydrogen-bond donors (Lipinski definition) is 1. The van der Waals surface area contributed by atoms with Gasteiger partial charge in [0.25, 0.3) is 0 Å². The van der Waals surface area contributed by atoms with Gasteiger partial charge in [0.15, 0.2) is 0 Å². The Morgan fingerprint density at radius 3 is 2.67 bits per heavy atom. The van der Waals surface area contributed by atoms with Gasteiger partial charge in [0.1, 0.15) is 5.82 Å². The fourth-order valence-electron chi connectivity index (χ4n) is 1.25. The molecule has 82 valence electrons. The third-order valence-electron chi connectivity index (χ3n) is 2.45. The van der Waals surface area contributed by atoms with Gasteiger partial charge in [0.2, 0.25) is 0 Å². The summed E-state index contributed by atoms with van der Waals surface area (Å²) in [5, 5.41) is 0. The molecule has 0 spiro atoms. The number of benzene rings is 1. The van der Waals surface area contributed by atoms with Gasteiger partial charge in [-0.3, -0.25) is 4.90 Å². The summed E-state index contributed by atoms with van der Waals surface area (Å²) >= 11 is 4.89. The van der Waals surface area contributed by atoms with Gasteiger partial charge in [-0.2, -0.15) is 0 Å². The number of hydrogen-bond acceptors (Lipinski definition) is 2. The molecule has 1 aromatic carbocycles. The van der Waals surface area contributed by atoms with E-state index in [1.165, 1.54) is 6.07 Å². The van der Waals surface area contributed by atoms with Crippen LogP contribution in [0.5, 0.6) is 0 Å². The highest BCUT2D eigenvalue weighted by molar-refractivity contribution is 7.80. The molecule has 0 saturated carbocycles. The molecule has 0 heterocycles. The maximum atomic E-state index is 13.3. The van der Waals surface area contributed by atoms with E-state index in [-0.39, 0.29) is 11.9 Å². The van der Waals surface area contributed by atoms with Crippen LogP contribution in [0.1, 0.15) is 12.5 Å². The Kier molecular flexibility index (Phi) is 4.17. The summed E-state index contributed by atoms with van der Waals surface area (Å²) in [6.07, 6.45) is 0. The summed E-state index contributed by atoms with van der Waals surface area (Å²) in [5.74, 6) is -0.195. The molecule has 0 saturated heterocycles. The van der Waals surface area contributed by atoms with Crippen LogP contribution < -0.4 is 5.73 Å². The minimum atomic E-state index is -0.195. The molecular weight excluding hydrogens is 211 g/mol. The van der Waals surface area contributed by atoms with E-state index in [0.717, 1.165) is 0 Å². The number of nitrogens with zero attached hydrogens (tertiary/aromatic N) is 1. The number of halogens is 1. The number of nitrogens with two attached hydrogens (primary N) is 1. The molecule has 1 aromatic rings. The van der Waals surface area contributed by atoms with Crippen LogP contribution in [0.15, 0.2) is 24.3 Å². The van der Waals surface area contributed by atoms with Gasteiger partial charge in [-0.05, 0) is 20.0 Å².